The summed E-state index contributed by atoms with van der Waals surface area (Å²) in [7, 11) is 0. The normalized spacial score (nSPS) is 11.9. The number of hydrogen-bond acceptors (Lipinski definition) is 7. The van der Waals surface area contributed by atoms with Gasteiger partial charge in [0.2, 0.25) is 0 Å². The maximum absolute atomic E-state index is 13.1. The molecule has 0 aliphatic carbocycles. The second-order valence-electron chi connectivity index (χ2n) is 8.83. The zero-order valence-corrected chi connectivity index (χ0v) is 21.4. The van der Waals surface area contributed by atoms with Crippen LogP contribution in [0, 0.1) is 6.92 Å². The second-order valence-corrected chi connectivity index (χ2v) is 8.83. The summed E-state index contributed by atoms with van der Waals surface area (Å²) in [6.45, 7) is 5.76. The molecular weight excluding hydrogens is 482 g/mol. The van der Waals surface area contributed by atoms with Crippen LogP contribution in [0.1, 0.15) is 41.8 Å². The smallest absolute Gasteiger partial charge is 0.338 e. The van der Waals surface area contributed by atoms with E-state index < -0.39 is 12.1 Å². The van der Waals surface area contributed by atoms with Crippen molar-refractivity contribution in [3.8, 4) is 22.9 Å². The van der Waals surface area contributed by atoms with Crippen LogP contribution in [0.5, 0.6) is 0 Å². The maximum atomic E-state index is 13.1. The van der Waals surface area contributed by atoms with Gasteiger partial charge in [0.15, 0.2) is 17.6 Å². The fourth-order valence-corrected chi connectivity index (χ4v) is 4.28. The van der Waals surface area contributed by atoms with Gasteiger partial charge in [0.1, 0.15) is 11.4 Å². The molecule has 8 heteroatoms. The third-order valence-corrected chi connectivity index (χ3v) is 6.31. The minimum Gasteiger partial charge on any atom is -0.463 e. The van der Waals surface area contributed by atoms with E-state index in [1.165, 1.54) is 0 Å². The number of para-hydroxylation sites is 1. The number of esters is 1. The van der Waals surface area contributed by atoms with Crippen LogP contribution in [-0.2, 0) is 16.0 Å². The first-order valence-corrected chi connectivity index (χ1v) is 12.5. The Morgan fingerprint density at radius 1 is 0.895 bits per heavy atom. The highest BCUT2D eigenvalue weighted by atomic mass is 16.5. The van der Waals surface area contributed by atoms with Gasteiger partial charge in [-0.25, -0.2) is 14.8 Å². The molecule has 0 bridgehead atoms. The number of amides is 1. The summed E-state index contributed by atoms with van der Waals surface area (Å²) >= 11 is 0. The zero-order valence-electron chi connectivity index (χ0n) is 21.4. The summed E-state index contributed by atoms with van der Waals surface area (Å²) in [5.74, 6) is 0.0783. The number of benzene rings is 2. The quantitative estimate of drug-likeness (QED) is 0.235. The predicted molar refractivity (Wildman–Crippen MR) is 144 cm³/mol. The number of aromatic nitrogens is 2. The van der Waals surface area contributed by atoms with Gasteiger partial charge in [-0.1, -0.05) is 32.0 Å². The number of rotatable bonds is 8. The Balaban J connectivity index is 1.41. The number of ether oxygens (including phenoxy) is 1. The van der Waals surface area contributed by atoms with Crippen molar-refractivity contribution in [2.45, 2.75) is 39.7 Å². The molecule has 5 aromatic rings. The summed E-state index contributed by atoms with van der Waals surface area (Å²) in [6.07, 6.45) is 3.26. The zero-order chi connectivity index (χ0) is 26.6. The van der Waals surface area contributed by atoms with Crippen molar-refractivity contribution in [2.75, 3.05) is 5.32 Å². The third-order valence-electron chi connectivity index (χ3n) is 6.31. The molecule has 0 spiro atoms. The van der Waals surface area contributed by atoms with Gasteiger partial charge in [-0.2, -0.15) is 0 Å². The number of hydrogen-bond donors (Lipinski definition) is 1. The van der Waals surface area contributed by atoms with E-state index in [0.717, 1.165) is 23.2 Å². The summed E-state index contributed by atoms with van der Waals surface area (Å²) in [5, 5.41) is 2.95. The predicted octanol–water partition coefficient (Wildman–Crippen LogP) is 6.59. The van der Waals surface area contributed by atoms with Gasteiger partial charge in [-0.3, -0.25) is 4.79 Å². The van der Waals surface area contributed by atoms with E-state index in [-0.39, 0.29) is 11.5 Å². The van der Waals surface area contributed by atoms with Crippen molar-refractivity contribution in [1.29, 1.82) is 0 Å². The van der Waals surface area contributed by atoms with Crippen LogP contribution in [0.15, 0.2) is 82.0 Å². The number of fused-ring (bicyclic) bond motifs is 1. The van der Waals surface area contributed by atoms with Crippen molar-refractivity contribution >= 4 is 28.6 Å². The highest BCUT2D eigenvalue weighted by Gasteiger charge is 2.24. The Morgan fingerprint density at radius 2 is 1.58 bits per heavy atom. The highest BCUT2D eigenvalue weighted by Crippen LogP contribution is 2.32. The lowest BCUT2D eigenvalue weighted by Crippen LogP contribution is -2.32. The summed E-state index contributed by atoms with van der Waals surface area (Å²) in [4.78, 5) is 35.6. The molecule has 1 atom stereocenters. The average molecular weight is 510 g/mol. The van der Waals surface area contributed by atoms with Crippen LogP contribution in [0.25, 0.3) is 33.9 Å². The van der Waals surface area contributed by atoms with Gasteiger partial charge in [0, 0.05) is 5.69 Å². The molecule has 3 heterocycles. The van der Waals surface area contributed by atoms with Gasteiger partial charge in [-0.15, -0.1) is 0 Å². The van der Waals surface area contributed by atoms with Crippen molar-refractivity contribution in [3.63, 3.8) is 0 Å². The van der Waals surface area contributed by atoms with Gasteiger partial charge in [-0.05, 0) is 73.4 Å². The molecule has 0 aliphatic rings. The lowest BCUT2D eigenvalue weighted by Gasteiger charge is -2.19. The standard InChI is InChI=1S/C30H27N3O5/c1-4-19-10-6-9-18(3)26(19)33-29(34)23(5-2)38-30(35)20-13-14-21-22(17-20)32-28(25-12-8-16-37-25)27(31-21)24-11-7-15-36-24/h6-17,23H,4-5H2,1-3H3,(H,33,34). The van der Waals surface area contributed by atoms with E-state index in [4.69, 9.17) is 23.5 Å². The molecule has 3 aromatic heterocycles. The number of anilines is 1. The van der Waals surface area contributed by atoms with Crippen LogP contribution >= 0.6 is 0 Å². The van der Waals surface area contributed by atoms with E-state index in [9.17, 15) is 9.59 Å². The first-order valence-electron chi connectivity index (χ1n) is 12.5. The average Bonchev–Trinajstić information content (AvgIpc) is 3.66. The SMILES string of the molecule is CCc1cccc(C)c1NC(=O)C(CC)OC(=O)c1ccc2nc(-c3ccco3)c(-c3ccco3)nc2c1. The molecule has 192 valence electrons. The first kappa shape index (κ1) is 25.0. The van der Waals surface area contributed by atoms with Crippen molar-refractivity contribution in [3.05, 3.63) is 89.9 Å². The maximum Gasteiger partial charge on any atom is 0.338 e. The minimum atomic E-state index is -0.950. The molecule has 1 amide bonds. The van der Waals surface area contributed by atoms with Crippen LogP contribution in [0.2, 0.25) is 0 Å². The lowest BCUT2D eigenvalue weighted by atomic mass is 10.1. The number of carbonyl (C=O) groups excluding carboxylic acids is 2. The van der Waals surface area contributed by atoms with Crippen molar-refractivity contribution < 1.29 is 23.2 Å². The summed E-state index contributed by atoms with van der Waals surface area (Å²) < 4.78 is 16.8. The molecule has 1 unspecified atom stereocenters. The lowest BCUT2D eigenvalue weighted by molar-refractivity contribution is -0.124. The molecule has 1 N–H and O–H groups in total. The minimum absolute atomic E-state index is 0.263. The Kier molecular flexibility index (Phi) is 7.04. The molecular formula is C30H27N3O5. The van der Waals surface area contributed by atoms with Crippen LogP contribution in [0.4, 0.5) is 5.69 Å². The number of carbonyl (C=O) groups is 2. The van der Waals surface area contributed by atoms with Crippen LogP contribution < -0.4 is 5.32 Å². The molecule has 0 saturated heterocycles. The first-order chi connectivity index (χ1) is 18.5. The number of nitrogens with zero attached hydrogens (tertiary/aromatic N) is 2. The third kappa shape index (κ3) is 4.93. The Morgan fingerprint density at radius 3 is 2.18 bits per heavy atom. The number of nitrogens with one attached hydrogen (secondary N) is 1. The molecule has 8 nitrogen and oxygen atoms in total. The van der Waals surface area contributed by atoms with E-state index in [1.54, 1.807) is 61.9 Å². The molecule has 0 aliphatic heterocycles. The molecule has 5 rings (SSSR count). The Labute approximate surface area is 219 Å². The topological polar surface area (TPSA) is 107 Å². The molecule has 0 radical (unpaired) electrons. The van der Waals surface area contributed by atoms with Gasteiger partial charge in [0.05, 0.1) is 29.1 Å². The van der Waals surface area contributed by atoms with Crippen LogP contribution in [-0.4, -0.2) is 27.9 Å². The van der Waals surface area contributed by atoms with Crippen molar-refractivity contribution in [2.24, 2.45) is 0 Å². The highest BCUT2D eigenvalue weighted by molar-refractivity contribution is 5.99. The molecule has 0 fully saturated rings. The van der Waals surface area contributed by atoms with Gasteiger partial charge in [0.25, 0.3) is 5.91 Å². The second kappa shape index (κ2) is 10.7. The Hall–Kier alpha value is -4.72. The molecule has 2 aromatic carbocycles. The molecule has 38 heavy (non-hydrogen) atoms. The van der Waals surface area contributed by atoms with E-state index in [0.29, 0.717) is 40.4 Å². The largest absolute Gasteiger partial charge is 0.463 e. The Bertz CT molecular complexity index is 1590. The monoisotopic (exact) mass is 509 g/mol. The molecule has 0 saturated carbocycles. The van der Waals surface area contributed by atoms with Gasteiger partial charge < -0.3 is 18.9 Å². The summed E-state index contributed by atoms with van der Waals surface area (Å²) in [6, 6.07) is 17.9. The van der Waals surface area contributed by atoms with E-state index in [1.807, 2.05) is 32.0 Å². The number of furan rings is 2. The van der Waals surface area contributed by atoms with Crippen LogP contribution in [0.3, 0.4) is 0 Å². The number of aryl methyl sites for hydroxylation is 2. The fourth-order valence-electron chi connectivity index (χ4n) is 4.28. The van der Waals surface area contributed by atoms with E-state index in [2.05, 4.69) is 5.32 Å². The van der Waals surface area contributed by atoms with E-state index >= 15 is 0 Å². The summed E-state index contributed by atoms with van der Waals surface area (Å²) in [5.41, 5.74) is 5.05. The van der Waals surface area contributed by atoms with Gasteiger partial charge >= 0.3 is 5.97 Å². The van der Waals surface area contributed by atoms with Crippen molar-refractivity contribution in [1.82, 2.24) is 9.97 Å². The fraction of sp³-hybridized carbons (Fsp3) is 0.200.